The number of carbonyl (C=O) groups excluding carboxylic acids is 1. The molecule has 2 heterocycles. The molecule has 1 amide bonds. The van der Waals surface area contributed by atoms with Crippen molar-refractivity contribution in [3.8, 4) is 5.75 Å². The van der Waals surface area contributed by atoms with Gasteiger partial charge in [-0.25, -0.2) is 14.4 Å². The highest BCUT2D eigenvalue weighted by Gasteiger charge is 2.23. The number of hydrogen-bond donors (Lipinski definition) is 2. The summed E-state index contributed by atoms with van der Waals surface area (Å²) in [6, 6.07) is 7.92. The standard InChI is InChI=1S/C26H27ClFN5O3/c27-20-13-19(5-6-21(20)28)30-26-29-15-18-12-23(24(14-22(18)32-26)36-16-17-3-4-17)31-25(34)2-1-7-33-8-10-35-11-9-33/h1-2,5-6,12-15,17H,3-4,7-11,16H2,(H,31,34)(H,29,30,32). The third-order valence-corrected chi connectivity index (χ3v) is 6.31. The second-order valence-corrected chi connectivity index (χ2v) is 9.32. The summed E-state index contributed by atoms with van der Waals surface area (Å²) >= 11 is 5.87. The van der Waals surface area contributed by atoms with Crippen LogP contribution in [0.2, 0.25) is 5.02 Å². The Hall–Kier alpha value is -3.27. The molecular weight excluding hydrogens is 485 g/mol. The van der Waals surface area contributed by atoms with Crippen molar-refractivity contribution in [2.24, 2.45) is 5.92 Å². The summed E-state index contributed by atoms with van der Waals surface area (Å²) in [6.45, 7) is 4.45. The molecule has 1 aliphatic heterocycles. The summed E-state index contributed by atoms with van der Waals surface area (Å²) in [7, 11) is 0. The monoisotopic (exact) mass is 511 g/mol. The van der Waals surface area contributed by atoms with Crippen LogP contribution in [0.1, 0.15) is 12.8 Å². The molecule has 36 heavy (non-hydrogen) atoms. The van der Waals surface area contributed by atoms with E-state index < -0.39 is 5.82 Å². The van der Waals surface area contributed by atoms with Crippen LogP contribution in [0.25, 0.3) is 10.9 Å². The average molecular weight is 512 g/mol. The van der Waals surface area contributed by atoms with E-state index in [1.54, 1.807) is 24.4 Å². The largest absolute Gasteiger partial charge is 0.491 e. The number of carbonyl (C=O) groups is 1. The number of morpholine rings is 1. The molecule has 5 rings (SSSR count). The van der Waals surface area contributed by atoms with Gasteiger partial charge >= 0.3 is 0 Å². The number of nitrogens with one attached hydrogen (secondary N) is 2. The van der Waals surface area contributed by atoms with Gasteiger partial charge < -0.3 is 20.1 Å². The number of nitrogens with zero attached hydrogens (tertiary/aromatic N) is 3. The predicted octanol–water partition coefficient (Wildman–Crippen LogP) is 4.78. The minimum atomic E-state index is -0.496. The maximum absolute atomic E-state index is 13.5. The number of fused-ring (bicyclic) bond motifs is 1. The lowest BCUT2D eigenvalue weighted by molar-refractivity contribution is -0.111. The lowest BCUT2D eigenvalue weighted by atomic mass is 10.2. The molecule has 2 N–H and O–H groups in total. The number of benzene rings is 2. The maximum Gasteiger partial charge on any atom is 0.248 e. The molecule has 10 heteroatoms. The van der Waals surface area contributed by atoms with Crippen LogP contribution >= 0.6 is 11.6 Å². The van der Waals surface area contributed by atoms with Crippen molar-refractivity contribution in [3.63, 3.8) is 0 Å². The molecule has 2 aromatic carbocycles. The second-order valence-electron chi connectivity index (χ2n) is 8.91. The molecule has 0 radical (unpaired) electrons. The highest BCUT2D eigenvalue weighted by atomic mass is 35.5. The average Bonchev–Trinajstić information content (AvgIpc) is 3.70. The number of amides is 1. The first-order valence-corrected chi connectivity index (χ1v) is 12.3. The molecule has 2 fully saturated rings. The molecule has 8 nitrogen and oxygen atoms in total. The van der Waals surface area contributed by atoms with E-state index in [2.05, 4.69) is 25.5 Å². The van der Waals surface area contributed by atoms with Crippen LogP contribution in [0.3, 0.4) is 0 Å². The Bertz CT molecular complexity index is 1280. The van der Waals surface area contributed by atoms with Gasteiger partial charge in [-0.1, -0.05) is 17.7 Å². The molecule has 1 saturated carbocycles. The van der Waals surface area contributed by atoms with Gasteiger partial charge in [0.05, 0.1) is 36.0 Å². The van der Waals surface area contributed by atoms with Crippen LogP contribution in [0, 0.1) is 11.7 Å². The zero-order valence-electron chi connectivity index (χ0n) is 19.7. The zero-order valence-corrected chi connectivity index (χ0v) is 20.4. The molecular formula is C26H27ClFN5O3. The molecule has 0 atom stereocenters. The van der Waals surface area contributed by atoms with E-state index in [0.717, 1.165) is 44.5 Å². The van der Waals surface area contributed by atoms with Crippen LogP contribution in [0.15, 0.2) is 48.7 Å². The van der Waals surface area contributed by atoms with E-state index in [9.17, 15) is 9.18 Å². The topological polar surface area (TPSA) is 88.6 Å². The van der Waals surface area contributed by atoms with Crippen LogP contribution in [0.4, 0.5) is 21.7 Å². The summed E-state index contributed by atoms with van der Waals surface area (Å²) in [4.78, 5) is 23.8. The second kappa shape index (κ2) is 11.2. The fourth-order valence-electron chi connectivity index (χ4n) is 3.80. The smallest absolute Gasteiger partial charge is 0.248 e. The molecule has 0 unspecified atom stereocenters. The first-order chi connectivity index (χ1) is 17.5. The molecule has 1 saturated heterocycles. The quantitative estimate of drug-likeness (QED) is 0.400. The molecule has 188 valence electrons. The van der Waals surface area contributed by atoms with Gasteiger partial charge in [0.1, 0.15) is 11.6 Å². The van der Waals surface area contributed by atoms with Crippen LogP contribution < -0.4 is 15.4 Å². The van der Waals surface area contributed by atoms with E-state index in [0.29, 0.717) is 47.7 Å². The summed E-state index contributed by atoms with van der Waals surface area (Å²) in [5, 5.41) is 6.72. The van der Waals surface area contributed by atoms with Gasteiger partial charge in [0.2, 0.25) is 11.9 Å². The van der Waals surface area contributed by atoms with Crippen LogP contribution in [-0.2, 0) is 9.53 Å². The van der Waals surface area contributed by atoms with Crippen molar-refractivity contribution in [1.29, 1.82) is 0 Å². The number of hydrogen-bond acceptors (Lipinski definition) is 7. The molecule has 0 bridgehead atoms. The lowest BCUT2D eigenvalue weighted by Crippen LogP contribution is -2.36. The Labute approximate surface area is 213 Å². The van der Waals surface area contributed by atoms with Crippen molar-refractivity contribution in [2.45, 2.75) is 12.8 Å². The third-order valence-electron chi connectivity index (χ3n) is 6.02. The molecule has 2 aliphatic rings. The Kier molecular flexibility index (Phi) is 7.60. The minimum absolute atomic E-state index is 0.0101. The van der Waals surface area contributed by atoms with Crippen molar-refractivity contribution >= 4 is 45.7 Å². The Morgan fingerprint density at radius 3 is 2.86 bits per heavy atom. The highest BCUT2D eigenvalue weighted by Crippen LogP contribution is 2.34. The third kappa shape index (κ3) is 6.48. The number of aromatic nitrogens is 2. The molecule has 1 aliphatic carbocycles. The number of rotatable bonds is 9. The first-order valence-electron chi connectivity index (χ1n) is 12.0. The van der Waals surface area contributed by atoms with Gasteiger partial charge in [-0.05, 0) is 43.0 Å². The fourth-order valence-corrected chi connectivity index (χ4v) is 3.98. The van der Waals surface area contributed by atoms with Gasteiger partial charge in [0, 0.05) is 49.0 Å². The van der Waals surface area contributed by atoms with Gasteiger partial charge in [-0.15, -0.1) is 0 Å². The highest BCUT2D eigenvalue weighted by molar-refractivity contribution is 6.31. The number of halogens is 2. The van der Waals surface area contributed by atoms with Crippen molar-refractivity contribution in [1.82, 2.24) is 14.9 Å². The molecule has 0 spiro atoms. The van der Waals surface area contributed by atoms with Crippen molar-refractivity contribution in [3.05, 3.63) is 59.5 Å². The fraction of sp³-hybridized carbons (Fsp3) is 0.346. The van der Waals surface area contributed by atoms with Gasteiger partial charge in [0.15, 0.2) is 0 Å². The SMILES string of the molecule is O=C(C=CCN1CCOCC1)Nc1cc2cnc(Nc3ccc(F)c(Cl)c3)nc2cc1OCC1CC1. The zero-order chi connectivity index (χ0) is 24.9. The summed E-state index contributed by atoms with van der Waals surface area (Å²) in [6.07, 6.45) is 7.35. The van der Waals surface area contributed by atoms with E-state index in [4.69, 9.17) is 21.1 Å². The molecule has 3 aromatic rings. The maximum atomic E-state index is 13.5. The van der Waals surface area contributed by atoms with Crippen LogP contribution in [0.5, 0.6) is 5.75 Å². The van der Waals surface area contributed by atoms with E-state index >= 15 is 0 Å². The van der Waals surface area contributed by atoms with Crippen molar-refractivity contribution < 1.29 is 18.7 Å². The van der Waals surface area contributed by atoms with Gasteiger partial charge in [-0.3, -0.25) is 9.69 Å². The Balaban J connectivity index is 1.32. The van der Waals surface area contributed by atoms with Crippen molar-refractivity contribution in [2.75, 3.05) is 50.1 Å². The summed E-state index contributed by atoms with van der Waals surface area (Å²) in [5.74, 6) is 0.708. The normalized spacial score (nSPS) is 16.4. The number of ether oxygens (including phenoxy) is 2. The minimum Gasteiger partial charge on any atom is -0.491 e. The van der Waals surface area contributed by atoms with Gasteiger partial charge in [0.25, 0.3) is 0 Å². The lowest BCUT2D eigenvalue weighted by Gasteiger charge is -2.25. The van der Waals surface area contributed by atoms with Crippen LogP contribution in [-0.4, -0.2) is 60.2 Å². The Morgan fingerprint density at radius 2 is 2.08 bits per heavy atom. The van der Waals surface area contributed by atoms with Gasteiger partial charge in [-0.2, -0.15) is 0 Å². The predicted molar refractivity (Wildman–Crippen MR) is 137 cm³/mol. The summed E-state index contributed by atoms with van der Waals surface area (Å²) in [5.41, 5.74) is 1.78. The summed E-state index contributed by atoms with van der Waals surface area (Å²) < 4.78 is 24.9. The van der Waals surface area contributed by atoms with E-state index in [-0.39, 0.29) is 10.9 Å². The number of anilines is 3. The Morgan fingerprint density at radius 1 is 1.25 bits per heavy atom. The van der Waals surface area contributed by atoms with E-state index in [1.165, 1.54) is 12.1 Å². The van der Waals surface area contributed by atoms with E-state index in [1.807, 2.05) is 12.1 Å². The first kappa shape index (κ1) is 24.4. The molecule has 1 aromatic heterocycles.